The molecular formula is C9H8BrNO. The van der Waals surface area contributed by atoms with E-state index >= 15 is 0 Å². The van der Waals surface area contributed by atoms with Crippen LogP contribution in [0.25, 0.3) is 0 Å². The summed E-state index contributed by atoms with van der Waals surface area (Å²) in [5.41, 5.74) is 2.09. The van der Waals surface area contributed by atoms with Crippen LogP contribution in [-0.4, -0.2) is 11.3 Å². The number of benzene rings is 1. The van der Waals surface area contributed by atoms with Crippen molar-refractivity contribution in [3.8, 4) is 5.75 Å². The van der Waals surface area contributed by atoms with E-state index in [1.54, 1.807) is 6.07 Å². The Bertz CT molecular complexity index is 347. The summed E-state index contributed by atoms with van der Waals surface area (Å²) in [7, 11) is 0. The highest BCUT2D eigenvalue weighted by Gasteiger charge is 2.08. The minimum atomic E-state index is 0.257. The number of fused-ring (bicyclic) bond motifs is 1. The molecule has 1 aromatic rings. The van der Waals surface area contributed by atoms with Gasteiger partial charge in [0.1, 0.15) is 5.75 Å². The molecule has 0 aliphatic carbocycles. The first-order valence-corrected chi connectivity index (χ1v) is 4.60. The molecule has 1 aliphatic heterocycles. The Kier molecular flexibility index (Phi) is 1.89. The Morgan fingerprint density at radius 2 is 2.25 bits per heavy atom. The van der Waals surface area contributed by atoms with Crippen LogP contribution >= 0.6 is 15.9 Å². The molecule has 12 heavy (non-hydrogen) atoms. The van der Waals surface area contributed by atoms with Crippen LogP contribution in [-0.2, 0) is 6.42 Å². The zero-order valence-corrected chi connectivity index (χ0v) is 8.00. The van der Waals surface area contributed by atoms with Gasteiger partial charge in [-0.1, -0.05) is 0 Å². The van der Waals surface area contributed by atoms with Crippen LogP contribution < -0.4 is 0 Å². The van der Waals surface area contributed by atoms with Gasteiger partial charge in [0.05, 0.1) is 10.2 Å². The van der Waals surface area contributed by atoms with Crippen LogP contribution in [0.5, 0.6) is 5.75 Å². The first kappa shape index (κ1) is 7.80. The number of aromatic hydroxyl groups is 1. The molecule has 3 heteroatoms. The number of aliphatic imine (C=N–C) groups is 1. The molecule has 0 unspecified atom stereocenters. The lowest BCUT2D eigenvalue weighted by molar-refractivity contribution is 0.472. The number of halogens is 1. The van der Waals surface area contributed by atoms with E-state index in [1.165, 1.54) is 5.56 Å². The van der Waals surface area contributed by atoms with Crippen LogP contribution in [0.15, 0.2) is 21.6 Å². The van der Waals surface area contributed by atoms with Gasteiger partial charge in [-0.3, -0.25) is 4.99 Å². The maximum Gasteiger partial charge on any atom is 0.131 e. The van der Waals surface area contributed by atoms with Gasteiger partial charge in [-0.05, 0) is 40.4 Å². The average molecular weight is 226 g/mol. The molecule has 0 saturated carbocycles. The highest BCUT2D eigenvalue weighted by molar-refractivity contribution is 9.10. The molecule has 2 rings (SSSR count). The van der Waals surface area contributed by atoms with Crippen LogP contribution in [0.4, 0.5) is 5.69 Å². The van der Waals surface area contributed by atoms with E-state index in [-0.39, 0.29) is 5.75 Å². The minimum absolute atomic E-state index is 0.257. The molecule has 1 aromatic carbocycles. The number of phenolic OH excluding ortho intramolecular Hbond substituents is 1. The zero-order chi connectivity index (χ0) is 8.55. The SMILES string of the molecule is Oc1cc2c(cc1Br)CCC=N2. The lowest BCUT2D eigenvalue weighted by Crippen LogP contribution is -1.93. The fourth-order valence-corrected chi connectivity index (χ4v) is 1.69. The van der Waals surface area contributed by atoms with Gasteiger partial charge >= 0.3 is 0 Å². The van der Waals surface area contributed by atoms with Crippen molar-refractivity contribution in [2.45, 2.75) is 12.8 Å². The van der Waals surface area contributed by atoms with Gasteiger partial charge in [0.25, 0.3) is 0 Å². The molecule has 0 bridgehead atoms. The van der Waals surface area contributed by atoms with Crippen molar-refractivity contribution >= 4 is 27.8 Å². The Balaban J connectivity index is 2.58. The van der Waals surface area contributed by atoms with E-state index in [4.69, 9.17) is 0 Å². The predicted octanol–water partition coefficient (Wildman–Crippen LogP) is 2.80. The summed E-state index contributed by atoms with van der Waals surface area (Å²) in [6.07, 6.45) is 3.89. The summed E-state index contributed by atoms with van der Waals surface area (Å²) in [5.74, 6) is 0.257. The monoisotopic (exact) mass is 225 g/mol. The van der Waals surface area contributed by atoms with E-state index in [1.807, 2.05) is 12.3 Å². The Hall–Kier alpha value is -0.830. The summed E-state index contributed by atoms with van der Waals surface area (Å²) in [6, 6.07) is 3.62. The second kappa shape index (κ2) is 2.90. The average Bonchev–Trinajstić information content (AvgIpc) is 2.07. The molecule has 2 nitrogen and oxygen atoms in total. The van der Waals surface area contributed by atoms with Gasteiger partial charge in [0.15, 0.2) is 0 Å². The first-order valence-electron chi connectivity index (χ1n) is 3.81. The van der Waals surface area contributed by atoms with Crippen molar-refractivity contribution in [2.75, 3.05) is 0 Å². The van der Waals surface area contributed by atoms with Gasteiger partial charge in [-0.25, -0.2) is 0 Å². The quantitative estimate of drug-likeness (QED) is 0.724. The molecule has 1 N–H and O–H groups in total. The van der Waals surface area contributed by atoms with Gasteiger partial charge in [-0.15, -0.1) is 0 Å². The number of nitrogens with zero attached hydrogens (tertiary/aromatic N) is 1. The van der Waals surface area contributed by atoms with Crippen LogP contribution in [0, 0.1) is 0 Å². The molecule has 0 aromatic heterocycles. The van der Waals surface area contributed by atoms with Crippen molar-refractivity contribution < 1.29 is 5.11 Å². The number of rotatable bonds is 0. The van der Waals surface area contributed by atoms with Crippen molar-refractivity contribution in [1.29, 1.82) is 0 Å². The van der Waals surface area contributed by atoms with E-state index < -0.39 is 0 Å². The Morgan fingerprint density at radius 3 is 3.08 bits per heavy atom. The fraction of sp³-hybridized carbons (Fsp3) is 0.222. The summed E-state index contributed by atoms with van der Waals surface area (Å²) in [4.78, 5) is 4.19. The maximum absolute atomic E-state index is 9.35. The lowest BCUT2D eigenvalue weighted by Gasteiger charge is -2.10. The van der Waals surface area contributed by atoms with Crippen molar-refractivity contribution in [3.05, 3.63) is 22.2 Å². The normalized spacial score (nSPS) is 14.4. The van der Waals surface area contributed by atoms with Gasteiger partial charge in [0, 0.05) is 12.3 Å². The molecule has 0 radical (unpaired) electrons. The highest BCUT2D eigenvalue weighted by atomic mass is 79.9. The molecular weight excluding hydrogens is 218 g/mol. The zero-order valence-electron chi connectivity index (χ0n) is 6.42. The van der Waals surface area contributed by atoms with Crippen LogP contribution in [0.2, 0.25) is 0 Å². The number of hydrogen-bond donors (Lipinski definition) is 1. The van der Waals surface area contributed by atoms with Crippen LogP contribution in [0.1, 0.15) is 12.0 Å². The fourth-order valence-electron chi connectivity index (χ4n) is 1.30. The molecule has 0 fully saturated rings. The van der Waals surface area contributed by atoms with Crippen LogP contribution in [0.3, 0.4) is 0 Å². The van der Waals surface area contributed by atoms with E-state index in [0.717, 1.165) is 23.0 Å². The topological polar surface area (TPSA) is 32.6 Å². The summed E-state index contributed by atoms with van der Waals surface area (Å²) in [6.45, 7) is 0. The molecule has 0 saturated heterocycles. The third kappa shape index (κ3) is 1.25. The molecule has 0 spiro atoms. The van der Waals surface area contributed by atoms with Gasteiger partial charge in [-0.2, -0.15) is 0 Å². The predicted molar refractivity (Wildman–Crippen MR) is 52.3 cm³/mol. The second-order valence-corrected chi connectivity index (χ2v) is 3.64. The number of hydrogen-bond acceptors (Lipinski definition) is 2. The van der Waals surface area contributed by atoms with Crippen molar-refractivity contribution in [2.24, 2.45) is 4.99 Å². The van der Waals surface area contributed by atoms with Gasteiger partial charge < -0.3 is 5.11 Å². The molecule has 62 valence electrons. The largest absolute Gasteiger partial charge is 0.507 e. The number of aryl methyl sites for hydroxylation is 1. The molecule has 1 heterocycles. The van der Waals surface area contributed by atoms with Crippen molar-refractivity contribution in [3.63, 3.8) is 0 Å². The minimum Gasteiger partial charge on any atom is -0.507 e. The summed E-state index contributed by atoms with van der Waals surface area (Å²) >= 11 is 3.27. The van der Waals surface area contributed by atoms with E-state index in [0.29, 0.717) is 0 Å². The number of phenols is 1. The maximum atomic E-state index is 9.35. The summed E-state index contributed by atoms with van der Waals surface area (Å²) in [5, 5.41) is 9.35. The van der Waals surface area contributed by atoms with Gasteiger partial charge in [0.2, 0.25) is 0 Å². The Labute approximate surface area is 79.1 Å². The lowest BCUT2D eigenvalue weighted by atomic mass is 10.1. The first-order chi connectivity index (χ1) is 5.77. The molecule has 0 atom stereocenters. The Morgan fingerprint density at radius 1 is 1.42 bits per heavy atom. The smallest absolute Gasteiger partial charge is 0.131 e. The summed E-state index contributed by atoms with van der Waals surface area (Å²) < 4.78 is 0.748. The third-order valence-electron chi connectivity index (χ3n) is 1.92. The van der Waals surface area contributed by atoms with E-state index in [2.05, 4.69) is 20.9 Å². The van der Waals surface area contributed by atoms with E-state index in [9.17, 15) is 5.11 Å². The highest BCUT2D eigenvalue weighted by Crippen LogP contribution is 2.34. The third-order valence-corrected chi connectivity index (χ3v) is 2.56. The van der Waals surface area contributed by atoms with Crippen molar-refractivity contribution in [1.82, 2.24) is 0 Å². The molecule has 0 amide bonds. The standard InChI is InChI=1S/C9H8BrNO/c10-7-4-6-2-1-3-11-8(6)5-9(7)12/h3-5,12H,1-2H2. The second-order valence-electron chi connectivity index (χ2n) is 2.78. The molecule has 1 aliphatic rings.